The molecule has 3 aromatic rings. The van der Waals surface area contributed by atoms with E-state index in [1.807, 2.05) is 6.07 Å². The summed E-state index contributed by atoms with van der Waals surface area (Å²) in [7, 11) is -1.15. The zero-order valence-electron chi connectivity index (χ0n) is 22.1. The van der Waals surface area contributed by atoms with E-state index in [1.54, 1.807) is 30.6 Å². The number of benzene rings is 1. The number of aromatic nitrogens is 3. The van der Waals surface area contributed by atoms with Crippen LogP contribution in [0.3, 0.4) is 0 Å². The van der Waals surface area contributed by atoms with Crippen LogP contribution < -0.4 is 14.8 Å². The van der Waals surface area contributed by atoms with Crippen molar-refractivity contribution >= 4 is 15.9 Å². The molecule has 1 aliphatic carbocycles. The number of sulfonamides is 1. The molecule has 1 N–H and O–H groups in total. The van der Waals surface area contributed by atoms with Gasteiger partial charge in [-0.05, 0) is 49.9 Å². The Hall–Kier alpha value is -3.51. The second-order valence-corrected chi connectivity index (χ2v) is 11.7. The fourth-order valence-electron chi connectivity index (χ4n) is 5.50. The summed E-state index contributed by atoms with van der Waals surface area (Å²) in [6.07, 6.45) is 7.38. The number of amides is 1. The van der Waals surface area contributed by atoms with Crippen molar-refractivity contribution in [3.8, 4) is 22.9 Å². The Kier molecular flexibility index (Phi) is 8.12. The predicted molar refractivity (Wildman–Crippen MR) is 142 cm³/mol. The van der Waals surface area contributed by atoms with Gasteiger partial charge in [-0.3, -0.25) is 9.78 Å². The lowest BCUT2D eigenvalue weighted by Gasteiger charge is -2.32. The first-order valence-electron chi connectivity index (χ1n) is 13.2. The fourth-order valence-corrected chi connectivity index (χ4v) is 7.38. The minimum Gasteiger partial charge on any atom is -0.497 e. The van der Waals surface area contributed by atoms with Crippen molar-refractivity contribution in [2.75, 3.05) is 27.3 Å². The summed E-state index contributed by atoms with van der Waals surface area (Å²) in [6, 6.07) is 7.74. The van der Waals surface area contributed by atoms with E-state index in [2.05, 4.69) is 20.4 Å². The third-order valence-corrected chi connectivity index (χ3v) is 9.45. The van der Waals surface area contributed by atoms with Crippen LogP contribution in [-0.2, 0) is 14.8 Å². The van der Waals surface area contributed by atoms with E-state index in [9.17, 15) is 13.2 Å². The molecule has 0 radical (unpaired) electrons. The maximum atomic E-state index is 14.3. The number of fused-ring (bicyclic) bond motifs is 1. The predicted octanol–water partition coefficient (Wildman–Crippen LogP) is 3.39. The summed E-state index contributed by atoms with van der Waals surface area (Å²) in [6.45, 7) is 0.851. The maximum Gasteiger partial charge on any atom is 0.247 e. The molecule has 5 rings (SSSR count). The second kappa shape index (κ2) is 11.7. The first-order chi connectivity index (χ1) is 18.9. The van der Waals surface area contributed by atoms with Gasteiger partial charge in [-0.1, -0.05) is 18.0 Å². The minimum atomic E-state index is -4.06. The van der Waals surface area contributed by atoms with Crippen LogP contribution in [0.1, 0.15) is 50.3 Å². The van der Waals surface area contributed by atoms with Crippen LogP contribution in [0.2, 0.25) is 0 Å². The van der Waals surface area contributed by atoms with Gasteiger partial charge in [0.2, 0.25) is 27.6 Å². The molecule has 0 bridgehead atoms. The standard InChI is InChI=1S/C27H33N5O6S/c1-36-20-9-10-23(37-2)24(16-20)39(34,35)32-13-6-4-3-5-12-29-26(33)21-14-19(15-22(21)32)27-30-25(31-38-27)18-8-7-11-28-17-18/h7-11,16-17,19,21-22H,3-6,12-15H2,1-2H3,(H,29,33). The Labute approximate surface area is 228 Å². The van der Waals surface area contributed by atoms with E-state index < -0.39 is 22.0 Å². The number of nitrogens with one attached hydrogen (secondary N) is 1. The number of ether oxygens (including phenoxy) is 2. The fraction of sp³-hybridized carbons (Fsp3) is 0.481. The van der Waals surface area contributed by atoms with Gasteiger partial charge in [-0.2, -0.15) is 9.29 Å². The van der Waals surface area contributed by atoms with Crippen molar-refractivity contribution in [2.45, 2.75) is 55.4 Å². The van der Waals surface area contributed by atoms with Gasteiger partial charge in [0, 0.05) is 49.1 Å². The molecular formula is C27H33N5O6S. The highest BCUT2D eigenvalue weighted by Crippen LogP contribution is 2.44. The van der Waals surface area contributed by atoms with Crippen LogP contribution in [0.5, 0.6) is 11.5 Å². The Morgan fingerprint density at radius 3 is 2.69 bits per heavy atom. The molecule has 12 heteroatoms. The molecule has 1 saturated carbocycles. The Bertz CT molecular complexity index is 1400. The van der Waals surface area contributed by atoms with E-state index >= 15 is 0 Å². The maximum absolute atomic E-state index is 14.3. The van der Waals surface area contributed by atoms with E-state index in [4.69, 9.17) is 14.0 Å². The molecule has 0 spiro atoms. The Balaban J connectivity index is 1.52. The molecule has 1 saturated heterocycles. The number of hydrogen-bond acceptors (Lipinski definition) is 9. The average molecular weight is 556 g/mol. The normalized spacial score (nSPS) is 22.9. The minimum absolute atomic E-state index is 0.0125. The lowest BCUT2D eigenvalue weighted by atomic mass is 10.0. The zero-order chi connectivity index (χ0) is 27.4. The van der Waals surface area contributed by atoms with Crippen molar-refractivity contribution in [2.24, 2.45) is 5.92 Å². The number of nitrogens with zero attached hydrogens (tertiary/aromatic N) is 4. The SMILES string of the molecule is COc1ccc(OC)c(S(=O)(=O)N2CCCCCCNC(=O)C3CC(c4nc(-c5cccnc5)no4)CC32)c1. The highest BCUT2D eigenvalue weighted by Gasteiger charge is 2.48. The monoisotopic (exact) mass is 555 g/mol. The third-order valence-electron chi connectivity index (χ3n) is 7.51. The van der Waals surface area contributed by atoms with E-state index in [0.29, 0.717) is 48.8 Å². The molecule has 208 valence electrons. The largest absolute Gasteiger partial charge is 0.497 e. The second-order valence-electron chi connectivity index (χ2n) is 9.88. The Morgan fingerprint density at radius 1 is 1.08 bits per heavy atom. The molecule has 2 aromatic heterocycles. The van der Waals surface area contributed by atoms with Gasteiger partial charge in [-0.15, -0.1) is 0 Å². The molecule has 2 aliphatic rings. The number of hydrogen-bond donors (Lipinski definition) is 1. The summed E-state index contributed by atoms with van der Waals surface area (Å²) in [5, 5.41) is 7.14. The van der Waals surface area contributed by atoms with Gasteiger partial charge in [0.15, 0.2) is 0 Å². The van der Waals surface area contributed by atoms with Crippen LogP contribution in [0, 0.1) is 5.92 Å². The summed E-state index contributed by atoms with van der Waals surface area (Å²) < 4.78 is 46.4. The summed E-state index contributed by atoms with van der Waals surface area (Å²) >= 11 is 0. The first-order valence-corrected chi connectivity index (χ1v) is 14.6. The van der Waals surface area contributed by atoms with Gasteiger partial charge < -0.3 is 19.3 Å². The van der Waals surface area contributed by atoms with Crippen molar-refractivity contribution in [3.63, 3.8) is 0 Å². The van der Waals surface area contributed by atoms with Gasteiger partial charge in [0.25, 0.3) is 0 Å². The van der Waals surface area contributed by atoms with Crippen molar-refractivity contribution in [1.29, 1.82) is 0 Å². The van der Waals surface area contributed by atoms with Gasteiger partial charge in [0.1, 0.15) is 16.4 Å². The summed E-state index contributed by atoms with van der Waals surface area (Å²) in [5.41, 5.74) is 0.716. The summed E-state index contributed by atoms with van der Waals surface area (Å²) in [5.74, 6) is 0.400. The zero-order valence-corrected chi connectivity index (χ0v) is 22.9. The van der Waals surface area contributed by atoms with Crippen LogP contribution in [0.4, 0.5) is 0 Å². The topological polar surface area (TPSA) is 137 Å². The lowest BCUT2D eigenvalue weighted by molar-refractivity contribution is -0.125. The van der Waals surface area contributed by atoms with Crippen LogP contribution in [0.25, 0.3) is 11.4 Å². The smallest absolute Gasteiger partial charge is 0.247 e. The quantitative estimate of drug-likeness (QED) is 0.485. The number of methoxy groups -OCH3 is 2. The Morgan fingerprint density at radius 2 is 1.92 bits per heavy atom. The molecule has 1 amide bonds. The molecular weight excluding hydrogens is 522 g/mol. The van der Waals surface area contributed by atoms with Crippen LogP contribution in [-0.4, -0.2) is 67.1 Å². The first kappa shape index (κ1) is 27.1. The van der Waals surface area contributed by atoms with Gasteiger partial charge in [0.05, 0.1) is 20.1 Å². The molecule has 11 nitrogen and oxygen atoms in total. The van der Waals surface area contributed by atoms with Crippen molar-refractivity contribution < 1.29 is 27.2 Å². The molecule has 39 heavy (non-hydrogen) atoms. The van der Waals surface area contributed by atoms with Crippen LogP contribution in [0.15, 0.2) is 52.1 Å². The summed E-state index contributed by atoms with van der Waals surface area (Å²) in [4.78, 5) is 22.1. The average Bonchev–Trinajstić information content (AvgIpc) is 3.62. The van der Waals surface area contributed by atoms with E-state index in [1.165, 1.54) is 24.6 Å². The number of carbonyl (C=O) groups excluding carboxylic acids is 1. The highest BCUT2D eigenvalue weighted by atomic mass is 32.2. The number of rotatable bonds is 6. The van der Waals surface area contributed by atoms with Gasteiger partial charge >= 0.3 is 0 Å². The number of pyridine rings is 1. The van der Waals surface area contributed by atoms with E-state index in [0.717, 1.165) is 19.3 Å². The molecule has 1 aromatic carbocycles. The van der Waals surface area contributed by atoms with Crippen molar-refractivity contribution in [3.05, 3.63) is 48.6 Å². The lowest BCUT2D eigenvalue weighted by Crippen LogP contribution is -2.47. The number of carbonyl (C=O) groups is 1. The molecule has 3 heterocycles. The molecule has 1 aliphatic heterocycles. The third kappa shape index (κ3) is 5.62. The van der Waals surface area contributed by atoms with Crippen LogP contribution >= 0.6 is 0 Å². The molecule has 3 unspecified atom stereocenters. The molecule has 3 atom stereocenters. The van der Waals surface area contributed by atoms with Crippen molar-refractivity contribution in [1.82, 2.24) is 24.7 Å². The highest BCUT2D eigenvalue weighted by molar-refractivity contribution is 7.89. The van der Waals surface area contributed by atoms with Gasteiger partial charge in [-0.25, -0.2) is 8.42 Å². The molecule has 2 fully saturated rings. The van der Waals surface area contributed by atoms with E-state index in [-0.39, 0.29) is 29.0 Å².